The Bertz CT molecular complexity index is 1120. The Morgan fingerprint density at radius 3 is 0.833 bits per heavy atom. The van der Waals surface area contributed by atoms with Crippen LogP contribution in [0.5, 0.6) is 0 Å². The van der Waals surface area contributed by atoms with Gasteiger partial charge in [-0.2, -0.15) is 19.6 Å². The van der Waals surface area contributed by atoms with E-state index in [1.54, 1.807) is 0 Å². The van der Waals surface area contributed by atoms with E-state index >= 15 is 0 Å². The molecular weight excluding hydrogens is 376 g/mol. The molecule has 144 valence electrons. The van der Waals surface area contributed by atoms with E-state index in [1.807, 2.05) is 72.8 Å². The Balaban J connectivity index is 1.40. The van der Waals surface area contributed by atoms with Crippen LogP contribution >= 0.6 is 0 Å². The van der Waals surface area contributed by atoms with E-state index in [1.165, 1.54) is 0 Å². The van der Waals surface area contributed by atoms with Gasteiger partial charge in [0.05, 0.1) is 0 Å². The summed E-state index contributed by atoms with van der Waals surface area (Å²) in [4.78, 5) is 24.7. The highest BCUT2D eigenvalue weighted by Crippen LogP contribution is 2.58. The van der Waals surface area contributed by atoms with Crippen molar-refractivity contribution in [2.45, 2.75) is 11.6 Å². The summed E-state index contributed by atoms with van der Waals surface area (Å²) in [6.07, 6.45) is 0. The fourth-order valence-corrected chi connectivity index (χ4v) is 4.93. The minimum atomic E-state index is -1.27. The van der Waals surface area contributed by atoms with Crippen LogP contribution < -0.4 is 0 Å². The summed E-state index contributed by atoms with van der Waals surface area (Å²) in [5.74, 6) is -2.55. The van der Waals surface area contributed by atoms with Crippen molar-refractivity contribution in [3.63, 3.8) is 0 Å². The molecule has 4 heteroatoms. The largest absolute Gasteiger partial charge is 0.285 e. The number of benzene rings is 4. The Kier molecular flexibility index (Phi) is 3.11. The van der Waals surface area contributed by atoms with Crippen molar-refractivity contribution < 1.29 is 19.6 Å². The van der Waals surface area contributed by atoms with E-state index in [9.17, 15) is 0 Å². The second-order valence-electron chi connectivity index (χ2n) is 7.75. The molecule has 0 bridgehead atoms. The maximum Gasteiger partial charge on any atom is 0.285 e. The molecule has 0 saturated carbocycles. The van der Waals surface area contributed by atoms with Crippen molar-refractivity contribution in [1.29, 1.82) is 0 Å². The third-order valence-electron chi connectivity index (χ3n) is 6.26. The highest BCUT2D eigenvalue weighted by Gasteiger charge is 2.59. The summed E-state index contributed by atoms with van der Waals surface area (Å²) in [7, 11) is 0. The summed E-state index contributed by atoms with van der Waals surface area (Å²) in [5, 5.41) is 0. The van der Waals surface area contributed by atoms with Crippen molar-refractivity contribution in [2.24, 2.45) is 0 Å². The molecule has 4 aromatic rings. The van der Waals surface area contributed by atoms with Gasteiger partial charge < -0.3 is 0 Å². The van der Waals surface area contributed by atoms with Crippen molar-refractivity contribution in [1.82, 2.24) is 0 Å². The molecule has 3 aliphatic rings. The molecular formula is C26H16O4. The summed E-state index contributed by atoms with van der Waals surface area (Å²) in [6.45, 7) is 0. The summed E-state index contributed by atoms with van der Waals surface area (Å²) in [5.41, 5.74) is 7.63. The van der Waals surface area contributed by atoms with Crippen LogP contribution in [0.15, 0.2) is 97.1 Å². The van der Waals surface area contributed by atoms with E-state index < -0.39 is 11.6 Å². The molecule has 2 spiro atoms. The van der Waals surface area contributed by atoms with Gasteiger partial charge in [-0.25, -0.2) is 0 Å². The fraction of sp³-hybridized carbons (Fsp3) is 0.0769. The lowest BCUT2D eigenvalue weighted by molar-refractivity contribution is -0.652. The highest BCUT2D eigenvalue weighted by molar-refractivity contribution is 5.80. The molecule has 0 amide bonds. The van der Waals surface area contributed by atoms with Gasteiger partial charge in [0.25, 0.3) is 11.6 Å². The standard InChI is InChI=1S/C26H16O4/c1-5-13-21-17(9-1)18-10-2-6-14-22(18)25(21)27-29-26(30-28-25)23-15-7-3-11-19(23)20-12-4-8-16-24(20)26/h1-16H. The first-order valence-electron chi connectivity index (χ1n) is 9.96. The van der Waals surface area contributed by atoms with Gasteiger partial charge in [-0.15, -0.1) is 0 Å². The first kappa shape index (κ1) is 16.5. The zero-order valence-electron chi connectivity index (χ0n) is 15.9. The molecule has 4 aromatic carbocycles. The first-order chi connectivity index (χ1) is 14.8. The number of hydrogen-bond donors (Lipinski definition) is 0. The number of fused-ring (bicyclic) bond motifs is 10. The van der Waals surface area contributed by atoms with Crippen LogP contribution in [0, 0.1) is 0 Å². The average Bonchev–Trinajstić information content (AvgIpc) is 3.25. The fourth-order valence-electron chi connectivity index (χ4n) is 4.93. The molecule has 1 saturated heterocycles. The van der Waals surface area contributed by atoms with Crippen LogP contribution in [0.4, 0.5) is 0 Å². The third-order valence-corrected chi connectivity index (χ3v) is 6.26. The van der Waals surface area contributed by atoms with Crippen molar-refractivity contribution in [3.8, 4) is 22.3 Å². The molecule has 4 nitrogen and oxygen atoms in total. The predicted molar refractivity (Wildman–Crippen MR) is 110 cm³/mol. The normalized spacial score (nSPS) is 18.7. The van der Waals surface area contributed by atoms with Crippen LogP contribution in [0.1, 0.15) is 22.3 Å². The molecule has 0 radical (unpaired) electrons. The lowest BCUT2D eigenvalue weighted by Crippen LogP contribution is -2.47. The van der Waals surface area contributed by atoms with E-state index in [2.05, 4.69) is 24.3 Å². The molecule has 30 heavy (non-hydrogen) atoms. The lowest BCUT2D eigenvalue weighted by atomic mass is 10.0. The first-order valence-corrected chi connectivity index (χ1v) is 9.96. The van der Waals surface area contributed by atoms with Gasteiger partial charge in [-0.3, -0.25) is 0 Å². The predicted octanol–water partition coefficient (Wildman–Crippen LogP) is 5.66. The van der Waals surface area contributed by atoms with Crippen molar-refractivity contribution in [2.75, 3.05) is 0 Å². The zero-order valence-corrected chi connectivity index (χ0v) is 15.9. The van der Waals surface area contributed by atoms with Gasteiger partial charge in [-0.05, 0) is 22.3 Å². The van der Waals surface area contributed by atoms with Crippen molar-refractivity contribution >= 4 is 0 Å². The Labute approximate surface area is 173 Å². The number of rotatable bonds is 0. The molecule has 1 aliphatic heterocycles. The summed E-state index contributed by atoms with van der Waals surface area (Å²) >= 11 is 0. The van der Waals surface area contributed by atoms with Gasteiger partial charge in [0.15, 0.2) is 0 Å². The number of hydrogen-bond acceptors (Lipinski definition) is 4. The van der Waals surface area contributed by atoms with Gasteiger partial charge >= 0.3 is 0 Å². The van der Waals surface area contributed by atoms with Gasteiger partial charge in [0.1, 0.15) is 0 Å². The molecule has 1 fully saturated rings. The van der Waals surface area contributed by atoms with Crippen molar-refractivity contribution in [3.05, 3.63) is 119 Å². The van der Waals surface area contributed by atoms with Crippen LogP contribution in [0.25, 0.3) is 22.3 Å². The molecule has 1 heterocycles. The Morgan fingerprint density at radius 1 is 0.333 bits per heavy atom. The van der Waals surface area contributed by atoms with Crippen LogP contribution in [0.3, 0.4) is 0 Å². The maximum absolute atomic E-state index is 6.18. The van der Waals surface area contributed by atoms with Gasteiger partial charge in [0.2, 0.25) is 0 Å². The quantitative estimate of drug-likeness (QED) is 0.362. The third kappa shape index (κ3) is 1.85. The average molecular weight is 392 g/mol. The van der Waals surface area contributed by atoms with Crippen LogP contribution in [-0.4, -0.2) is 0 Å². The lowest BCUT2D eigenvalue weighted by Gasteiger charge is -2.41. The minimum absolute atomic E-state index is 0.862. The minimum Gasteiger partial charge on any atom is -0.184 e. The second kappa shape index (κ2) is 5.65. The van der Waals surface area contributed by atoms with Gasteiger partial charge in [-0.1, -0.05) is 97.1 Å². The Hall–Kier alpha value is -3.28. The van der Waals surface area contributed by atoms with E-state index in [4.69, 9.17) is 19.6 Å². The molecule has 2 aliphatic carbocycles. The van der Waals surface area contributed by atoms with E-state index in [0.717, 1.165) is 44.5 Å². The second-order valence-corrected chi connectivity index (χ2v) is 7.75. The molecule has 0 N–H and O–H groups in total. The molecule has 0 unspecified atom stereocenters. The summed E-state index contributed by atoms with van der Waals surface area (Å²) < 4.78 is 0. The van der Waals surface area contributed by atoms with E-state index in [0.29, 0.717) is 0 Å². The van der Waals surface area contributed by atoms with Gasteiger partial charge in [0, 0.05) is 22.3 Å². The maximum atomic E-state index is 6.18. The zero-order chi connectivity index (χ0) is 19.8. The van der Waals surface area contributed by atoms with E-state index in [-0.39, 0.29) is 0 Å². The molecule has 7 rings (SSSR count). The highest BCUT2D eigenvalue weighted by atomic mass is 17.4. The van der Waals surface area contributed by atoms with Crippen LogP contribution in [0.2, 0.25) is 0 Å². The Morgan fingerprint density at radius 2 is 0.567 bits per heavy atom. The summed E-state index contributed by atoms with van der Waals surface area (Å²) in [6, 6.07) is 32.0. The van der Waals surface area contributed by atoms with Crippen LogP contribution in [-0.2, 0) is 31.1 Å². The molecule has 0 aromatic heterocycles. The monoisotopic (exact) mass is 392 g/mol. The molecule has 0 atom stereocenters. The SMILES string of the molecule is c1ccc2c(c1)-c1ccccc1C21OOC2(OO1)c1ccccc1-c1ccccc12. The smallest absolute Gasteiger partial charge is 0.184 e. The topological polar surface area (TPSA) is 36.9 Å².